The Morgan fingerprint density at radius 1 is 1.26 bits per heavy atom. The second-order valence-corrected chi connectivity index (χ2v) is 9.54. The van der Waals surface area contributed by atoms with E-state index >= 15 is 0 Å². The van der Waals surface area contributed by atoms with Gasteiger partial charge >= 0.3 is 11.9 Å². The third-order valence-electron chi connectivity index (χ3n) is 6.02. The van der Waals surface area contributed by atoms with E-state index in [-0.39, 0.29) is 30.0 Å². The van der Waals surface area contributed by atoms with Crippen LogP contribution in [0.5, 0.6) is 0 Å². The Hall–Kier alpha value is -3.25. The summed E-state index contributed by atoms with van der Waals surface area (Å²) in [4.78, 5) is 55.9. The summed E-state index contributed by atoms with van der Waals surface area (Å²) in [5.74, 6) is -2.82. The van der Waals surface area contributed by atoms with Gasteiger partial charge in [0.2, 0.25) is 18.1 Å². The van der Waals surface area contributed by atoms with Gasteiger partial charge in [0, 0.05) is 38.5 Å². The van der Waals surface area contributed by atoms with Gasteiger partial charge in [-0.2, -0.15) is 0 Å². The molecule has 1 unspecified atom stereocenters. The maximum Gasteiger partial charge on any atom is 0.358 e. The topological polar surface area (TPSA) is 140 Å². The molecule has 2 aliphatic rings. The second-order valence-electron chi connectivity index (χ2n) is 8.51. The van der Waals surface area contributed by atoms with Crippen LogP contribution in [0.4, 0.5) is 0 Å². The van der Waals surface area contributed by atoms with Crippen molar-refractivity contribution >= 4 is 45.5 Å². The first-order valence-electron chi connectivity index (χ1n) is 10.8. The second kappa shape index (κ2) is 8.84. The van der Waals surface area contributed by atoms with Gasteiger partial charge in [-0.1, -0.05) is 6.92 Å². The Morgan fingerprint density at radius 3 is 2.59 bits per heavy atom. The first-order valence-corrected chi connectivity index (χ1v) is 11.7. The minimum atomic E-state index is -1.13. The molecule has 2 amide bonds. The SMILES string of the molecule is CC(=O)NCc1ncn2cc(C3=C(C(=O)OC(C)OC(C)=O)N4C(=O)[C@H]([C@@H](C)O)[C@H]4[C@H]3C)sc12. The van der Waals surface area contributed by atoms with Gasteiger partial charge in [-0.25, -0.2) is 9.78 Å². The molecular weight excluding hydrogens is 464 g/mol. The molecule has 2 N–H and O–H groups in total. The molecule has 4 rings (SSSR count). The summed E-state index contributed by atoms with van der Waals surface area (Å²) in [7, 11) is 0. The maximum atomic E-state index is 13.2. The van der Waals surface area contributed by atoms with Crippen LogP contribution in [0.2, 0.25) is 0 Å². The lowest BCUT2D eigenvalue weighted by Crippen LogP contribution is -2.63. The number of carbonyl (C=O) groups is 4. The van der Waals surface area contributed by atoms with Crippen LogP contribution in [-0.4, -0.2) is 61.6 Å². The average Bonchev–Trinajstić information content (AvgIpc) is 3.35. The maximum absolute atomic E-state index is 13.2. The molecule has 0 aromatic carbocycles. The minimum Gasteiger partial charge on any atom is -0.426 e. The first-order chi connectivity index (χ1) is 16.0. The number of rotatable bonds is 7. The Morgan fingerprint density at radius 2 is 1.97 bits per heavy atom. The van der Waals surface area contributed by atoms with Crippen LogP contribution < -0.4 is 5.32 Å². The number of imidazole rings is 1. The Kier molecular flexibility index (Phi) is 6.21. The molecule has 2 aromatic heterocycles. The largest absolute Gasteiger partial charge is 0.426 e. The van der Waals surface area contributed by atoms with E-state index < -0.39 is 36.3 Å². The molecule has 1 saturated heterocycles. The number of fused-ring (bicyclic) bond motifs is 2. The highest BCUT2D eigenvalue weighted by atomic mass is 32.1. The summed E-state index contributed by atoms with van der Waals surface area (Å²) in [5.41, 5.74) is 1.37. The van der Waals surface area contributed by atoms with Crippen LogP contribution >= 0.6 is 11.3 Å². The van der Waals surface area contributed by atoms with Crippen molar-refractivity contribution in [3.8, 4) is 0 Å². The van der Waals surface area contributed by atoms with Crippen LogP contribution in [0.25, 0.3) is 10.4 Å². The van der Waals surface area contributed by atoms with Crippen LogP contribution in [0.3, 0.4) is 0 Å². The van der Waals surface area contributed by atoms with Gasteiger partial charge < -0.3 is 24.8 Å². The van der Waals surface area contributed by atoms with E-state index in [2.05, 4.69) is 10.3 Å². The van der Waals surface area contributed by atoms with Crippen molar-refractivity contribution in [3.05, 3.63) is 28.8 Å². The minimum absolute atomic E-state index is 0.0827. The predicted molar refractivity (Wildman–Crippen MR) is 120 cm³/mol. The highest BCUT2D eigenvalue weighted by Gasteiger charge is 2.60. The Bertz CT molecular complexity index is 1210. The molecule has 11 nitrogen and oxygen atoms in total. The molecule has 0 bridgehead atoms. The lowest BCUT2D eigenvalue weighted by Gasteiger charge is -2.46. The number of aromatic nitrogens is 2. The fourth-order valence-electron chi connectivity index (χ4n) is 4.65. The van der Waals surface area contributed by atoms with Gasteiger partial charge in [0.1, 0.15) is 16.9 Å². The van der Waals surface area contributed by atoms with E-state index in [9.17, 15) is 24.3 Å². The van der Waals surface area contributed by atoms with E-state index in [0.29, 0.717) is 11.3 Å². The smallest absolute Gasteiger partial charge is 0.358 e. The van der Waals surface area contributed by atoms with Gasteiger partial charge in [0.25, 0.3) is 0 Å². The van der Waals surface area contributed by atoms with Gasteiger partial charge in [-0.15, -0.1) is 11.3 Å². The van der Waals surface area contributed by atoms with Crippen molar-refractivity contribution in [2.75, 3.05) is 0 Å². The highest BCUT2D eigenvalue weighted by molar-refractivity contribution is 7.18. The summed E-state index contributed by atoms with van der Waals surface area (Å²) in [6, 6.07) is -0.396. The molecule has 2 aromatic rings. The van der Waals surface area contributed by atoms with Crippen molar-refractivity contribution in [1.82, 2.24) is 19.6 Å². The van der Waals surface area contributed by atoms with Crippen LogP contribution in [-0.2, 0) is 35.2 Å². The number of ether oxygens (including phenoxy) is 2. The fourth-order valence-corrected chi connectivity index (χ4v) is 5.87. The number of esters is 2. The zero-order valence-electron chi connectivity index (χ0n) is 19.4. The fraction of sp³-hybridized carbons (Fsp3) is 0.500. The molecule has 12 heteroatoms. The number of thiazole rings is 1. The monoisotopic (exact) mass is 490 g/mol. The van der Waals surface area contributed by atoms with Gasteiger partial charge in [-0.3, -0.25) is 18.8 Å². The van der Waals surface area contributed by atoms with Crippen LogP contribution in [0, 0.1) is 11.8 Å². The van der Waals surface area contributed by atoms with E-state index in [1.165, 1.54) is 37.0 Å². The van der Waals surface area contributed by atoms with E-state index in [0.717, 1.165) is 9.71 Å². The molecule has 1 fully saturated rings. The number of amides is 2. The molecule has 0 spiro atoms. The molecule has 182 valence electrons. The summed E-state index contributed by atoms with van der Waals surface area (Å²) < 4.78 is 12.0. The number of carbonyl (C=O) groups excluding carboxylic acids is 4. The van der Waals surface area contributed by atoms with Crippen molar-refractivity contribution in [3.63, 3.8) is 0 Å². The predicted octanol–water partition coefficient (Wildman–Crippen LogP) is 1.05. The van der Waals surface area contributed by atoms with E-state index in [1.54, 1.807) is 17.7 Å². The van der Waals surface area contributed by atoms with Crippen LogP contribution in [0.1, 0.15) is 45.2 Å². The number of aliphatic hydroxyl groups is 1. The van der Waals surface area contributed by atoms with Gasteiger partial charge in [0.15, 0.2) is 0 Å². The lowest BCUT2D eigenvalue weighted by molar-refractivity contribution is -0.184. The Labute approximate surface area is 199 Å². The summed E-state index contributed by atoms with van der Waals surface area (Å²) in [5, 5.41) is 12.9. The molecule has 5 atom stereocenters. The number of nitrogens with one attached hydrogen (secondary N) is 1. The number of hydrogen-bond donors (Lipinski definition) is 2. The first kappa shape index (κ1) is 23.9. The van der Waals surface area contributed by atoms with E-state index in [1.807, 2.05) is 13.1 Å². The zero-order valence-corrected chi connectivity index (χ0v) is 20.2. The van der Waals surface area contributed by atoms with Crippen molar-refractivity contribution in [1.29, 1.82) is 0 Å². The lowest BCUT2D eigenvalue weighted by atomic mass is 9.77. The third-order valence-corrected chi connectivity index (χ3v) is 7.21. The van der Waals surface area contributed by atoms with Crippen molar-refractivity contribution < 1.29 is 33.8 Å². The van der Waals surface area contributed by atoms with Crippen molar-refractivity contribution in [2.24, 2.45) is 11.8 Å². The summed E-state index contributed by atoms with van der Waals surface area (Å²) in [6.07, 6.45) is 1.42. The normalized spacial score (nSPS) is 23.4. The van der Waals surface area contributed by atoms with Crippen molar-refractivity contribution in [2.45, 2.75) is 59.6 Å². The Balaban J connectivity index is 1.75. The van der Waals surface area contributed by atoms with E-state index in [4.69, 9.17) is 9.47 Å². The molecule has 4 heterocycles. The zero-order chi connectivity index (χ0) is 24.9. The quantitative estimate of drug-likeness (QED) is 0.334. The standard InChI is InChI=1S/C22H26N4O7S/c1-9-16(15-7-25-8-24-14(21(25)34-15)6-23-11(3)28)19(22(31)33-13(5)32-12(4)29)26-18(9)17(10(2)27)20(26)30/h7-10,13,17-18,27H,6H2,1-5H3,(H,23,28)/t9-,10+,13?,17+,18+/m0/s1. The summed E-state index contributed by atoms with van der Waals surface area (Å²) >= 11 is 1.37. The number of hydrogen-bond acceptors (Lipinski definition) is 9. The number of β-lactam (4-membered cyclic amide) rings is 1. The van der Waals surface area contributed by atoms with Gasteiger partial charge in [0.05, 0.1) is 35.2 Å². The molecule has 0 radical (unpaired) electrons. The number of nitrogens with zero attached hydrogens (tertiary/aromatic N) is 3. The number of aliphatic hydroxyl groups excluding tert-OH is 1. The molecule has 0 saturated carbocycles. The third kappa shape index (κ3) is 3.96. The average molecular weight is 491 g/mol. The molecular formula is C22H26N4O7S. The molecule has 2 aliphatic heterocycles. The van der Waals surface area contributed by atoms with Crippen LogP contribution in [0.15, 0.2) is 18.2 Å². The highest BCUT2D eigenvalue weighted by Crippen LogP contribution is 2.51. The van der Waals surface area contributed by atoms with Gasteiger partial charge in [-0.05, 0) is 6.92 Å². The molecule has 34 heavy (non-hydrogen) atoms. The molecule has 0 aliphatic carbocycles. The summed E-state index contributed by atoms with van der Waals surface area (Å²) in [6.45, 7) is 7.76.